The summed E-state index contributed by atoms with van der Waals surface area (Å²) in [6.45, 7) is 3.91. The molecule has 0 aromatic rings. The highest BCUT2D eigenvalue weighted by atomic mass is 16.6. The fraction of sp³-hybridized carbons (Fsp3) is 0.875. The summed E-state index contributed by atoms with van der Waals surface area (Å²) in [7, 11) is 1.66. The number of hydrogen-bond donors (Lipinski definition) is 0. The molecule has 2 unspecified atom stereocenters. The highest BCUT2D eigenvalue weighted by Crippen LogP contribution is 2.46. The van der Waals surface area contributed by atoms with Crippen molar-refractivity contribution in [3.8, 4) is 0 Å². The van der Waals surface area contributed by atoms with Gasteiger partial charge in [0.15, 0.2) is 0 Å². The van der Waals surface area contributed by atoms with Crippen molar-refractivity contribution < 1.29 is 14.3 Å². The summed E-state index contributed by atoms with van der Waals surface area (Å²) in [5.74, 6) is 0.285. The first-order valence-corrected chi connectivity index (χ1v) is 3.79. The number of esters is 1. The lowest BCUT2D eigenvalue weighted by Crippen LogP contribution is -2.23. The van der Waals surface area contributed by atoms with E-state index in [-0.39, 0.29) is 11.6 Å². The number of methoxy groups -OCH3 is 1. The molecule has 11 heavy (non-hydrogen) atoms. The van der Waals surface area contributed by atoms with Crippen LogP contribution in [0.3, 0.4) is 0 Å². The van der Waals surface area contributed by atoms with Gasteiger partial charge in [0, 0.05) is 14.0 Å². The Morgan fingerprint density at radius 1 is 1.73 bits per heavy atom. The van der Waals surface area contributed by atoms with Crippen LogP contribution >= 0.6 is 0 Å². The summed E-state index contributed by atoms with van der Waals surface area (Å²) in [6.07, 6.45) is 0.997. The number of carbonyl (C=O) groups excluding carboxylic acids is 1. The van der Waals surface area contributed by atoms with Crippen LogP contribution in [0, 0.1) is 5.92 Å². The van der Waals surface area contributed by atoms with E-state index in [4.69, 9.17) is 9.47 Å². The van der Waals surface area contributed by atoms with Crippen LogP contribution in [-0.2, 0) is 14.3 Å². The van der Waals surface area contributed by atoms with Gasteiger partial charge in [-0.15, -0.1) is 0 Å². The van der Waals surface area contributed by atoms with Crippen molar-refractivity contribution in [2.45, 2.75) is 25.9 Å². The Labute approximate surface area is 66.7 Å². The summed E-state index contributed by atoms with van der Waals surface area (Å²) in [4.78, 5) is 10.5. The molecular weight excluding hydrogens is 144 g/mol. The number of carbonyl (C=O) groups is 1. The molecular formula is C8H14O3. The standard InChI is InChI=1S/C8H14O3/c1-6-4-8(6,10-3)5-11-7(2)9/h6H,4-5H2,1-3H3. The van der Waals surface area contributed by atoms with Crippen LogP contribution in [0.15, 0.2) is 0 Å². The summed E-state index contributed by atoms with van der Waals surface area (Å²) in [5.41, 5.74) is -0.161. The first-order chi connectivity index (χ1) is 5.10. The molecule has 0 N–H and O–H groups in total. The molecule has 0 aromatic heterocycles. The predicted octanol–water partition coefficient (Wildman–Crippen LogP) is 0.974. The van der Waals surface area contributed by atoms with E-state index in [1.54, 1.807) is 7.11 Å². The summed E-state index contributed by atoms with van der Waals surface area (Å²) in [5, 5.41) is 0. The van der Waals surface area contributed by atoms with Crippen LogP contribution in [0.25, 0.3) is 0 Å². The van der Waals surface area contributed by atoms with E-state index in [1.165, 1.54) is 6.92 Å². The van der Waals surface area contributed by atoms with Gasteiger partial charge in [0.2, 0.25) is 0 Å². The Bertz CT molecular complexity index is 163. The molecule has 1 fully saturated rings. The zero-order valence-electron chi connectivity index (χ0n) is 7.22. The van der Waals surface area contributed by atoms with Crippen molar-refractivity contribution in [1.82, 2.24) is 0 Å². The van der Waals surface area contributed by atoms with Gasteiger partial charge >= 0.3 is 5.97 Å². The van der Waals surface area contributed by atoms with Gasteiger partial charge in [-0.05, 0) is 12.3 Å². The average Bonchev–Trinajstić information content (AvgIpc) is 2.59. The van der Waals surface area contributed by atoms with Crippen molar-refractivity contribution in [1.29, 1.82) is 0 Å². The molecule has 0 bridgehead atoms. The Balaban J connectivity index is 2.30. The lowest BCUT2D eigenvalue weighted by molar-refractivity contribution is -0.146. The Hall–Kier alpha value is -0.570. The molecule has 3 heteroatoms. The van der Waals surface area contributed by atoms with Crippen LogP contribution in [0.4, 0.5) is 0 Å². The second kappa shape index (κ2) is 2.81. The lowest BCUT2D eigenvalue weighted by atomic mass is 10.3. The van der Waals surface area contributed by atoms with Crippen molar-refractivity contribution >= 4 is 5.97 Å². The molecule has 0 amide bonds. The van der Waals surface area contributed by atoms with E-state index in [2.05, 4.69) is 6.92 Å². The normalized spacial score (nSPS) is 35.0. The van der Waals surface area contributed by atoms with Crippen LogP contribution in [0.5, 0.6) is 0 Å². The molecule has 0 aliphatic heterocycles. The number of ether oxygens (including phenoxy) is 2. The highest BCUT2D eigenvalue weighted by Gasteiger charge is 2.52. The topological polar surface area (TPSA) is 35.5 Å². The van der Waals surface area contributed by atoms with E-state index in [0.717, 1.165) is 6.42 Å². The molecule has 3 nitrogen and oxygen atoms in total. The largest absolute Gasteiger partial charge is 0.463 e. The molecule has 1 aliphatic carbocycles. The maximum absolute atomic E-state index is 10.5. The monoisotopic (exact) mass is 158 g/mol. The quantitative estimate of drug-likeness (QED) is 0.574. The molecule has 2 atom stereocenters. The molecule has 0 saturated heterocycles. The molecule has 1 rings (SSSR count). The molecule has 1 aliphatic rings. The minimum atomic E-state index is -0.236. The van der Waals surface area contributed by atoms with Gasteiger partial charge in [-0.2, -0.15) is 0 Å². The maximum Gasteiger partial charge on any atom is 0.302 e. The summed E-state index contributed by atoms with van der Waals surface area (Å²) in [6, 6.07) is 0. The third-order valence-electron chi connectivity index (χ3n) is 2.32. The van der Waals surface area contributed by atoms with Crippen LogP contribution in [-0.4, -0.2) is 25.3 Å². The second-order valence-corrected chi connectivity index (χ2v) is 3.15. The average molecular weight is 158 g/mol. The Morgan fingerprint density at radius 2 is 2.27 bits per heavy atom. The van der Waals surface area contributed by atoms with Crippen molar-refractivity contribution in [2.75, 3.05) is 13.7 Å². The first kappa shape index (κ1) is 8.53. The van der Waals surface area contributed by atoms with Gasteiger partial charge in [0.05, 0.1) is 0 Å². The van der Waals surface area contributed by atoms with Gasteiger partial charge < -0.3 is 9.47 Å². The summed E-state index contributed by atoms with van der Waals surface area (Å²) >= 11 is 0. The zero-order valence-corrected chi connectivity index (χ0v) is 7.22. The Morgan fingerprint density at radius 3 is 2.55 bits per heavy atom. The molecule has 0 spiro atoms. The SMILES string of the molecule is COC1(COC(C)=O)CC1C. The third-order valence-corrected chi connectivity index (χ3v) is 2.32. The van der Waals surface area contributed by atoms with E-state index in [9.17, 15) is 4.79 Å². The fourth-order valence-corrected chi connectivity index (χ4v) is 1.23. The van der Waals surface area contributed by atoms with Crippen molar-refractivity contribution in [2.24, 2.45) is 5.92 Å². The first-order valence-electron chi connectivity index (χ1n) is 3.79. The highest BCUT2D eigenvalue weighted by molar-refractivity contribution is 5.66. The van der Waals surface area contributed by atoms with Gasteiger partial charge in [-0.25, -0.2) is 0 Å². The minimum Gasteiger partial charge on any atom is -0.463 e. The molecule has 1 saturated carbocycles. The maximum atomic E-state index is 10.5. The second-order valence-electron chi connectivity index (χ2n) is 3.15. The van der Waals surface area contributed by atoms with E-state index in [1.807, 2.05) is 0 Å². The van der Waals surface area contributed by atoms with E-state index < -0.39 is 0 Å². The fourth-order valence-electron chi connectivity index (χ4n) is 1.23. The Kier molecular flexibility index (Phi) is 2.18. The number of hydrogen-bond acceptors (Lipinski definition) is 3. The molecule has 64 valence electrons. The van der Waals surface area contributed by atoms with Crippen LogP contribution in [0.2, 0.25) is 0 Å². The summed E-state index contributed by atoms with van der Waals surface area (Å²) < 4.78 is 10.1. The van der Waals surface area contributed by atoms with E-state index >= 15 is 0 Å². The van der Waals surface area contributed by atoms with Gasteiger partial charge in [-0.1, -0.05) is 6.92 Å². The van der Waals surface area contributed by atoms with Crippen LogP contribution < -0.4 is 0 Å². The number of rotatable bonds is 3. The lowest BCUT2D eigenvalue weighted by Gasteiger charge is -2.13. The van der Waals surface area contributed by atoms with Crippen molar-refractivity contribution in [3.63, 3.8) is 0 Å². The molecule has 0 radical (unpaired) electrons. The van der Waals surface area contributed by atoms with Crippen LogP contribution in [0.1, 0.15) is 20.3 Å². The van der Waals surface area contributed by atoms with Gasteiger partial charge in [0.1, 0.15) is 12.2 Å². The smallest absolute Gasteiger partial charge is 0.302 e. The van der Waals surface area contributed by atoms with Gasteiger partial charge in [0.25, 0.3) is 0 Å². The minimum absolute atomic E-state index is 0.161. The molecule has 0 aromatic carbocycles. The zero-order chi connectivity index (χ0) is 8.48. The van der Waals surface area contributed by atoms with E-state index in [0.29, 0.717) is 12.5 Å². The predicted molar refractivity (Wildman–Crippen MR) is 40.2 cm³/mol. The van der Waals surface area contributed by atoms with Crippen molar-refractivity contribution in [3.05, 3.63) is 0 Å². The third kappa shape index (κ3) is 1.71. The van der Waals surface area contributed by atoms with Gasteiger partial charge in [-0.3, -0.25) is 4.79 Å². The molecule has 0 heterocycles.